The molecule has 0 spiro atoms. The van der Waals surface area contributed by atoms with Crippen LogP contribution in [0.25, 0.3) is 0 Å². The Kier molecular flexibility index (Phi) is 6.68. The highest BCUT2D eigenvalue weighted by Gasteiger charge is 2.43. The molecule has 4 nitrogen and oxygen atoms in total. The van der Waals surface area contributed by atoms with Crippen molar-refractivity contribution >= 4 is 14.0 Å². The van der Waals surface area contributed by atoms with E-state index in [2.05, 4.69) is 12.1 Å². The van der Waals surface area contributed by atoms with Crippen molar-refractivity contribution in [2.45, 2.75) is 34.6 Å². The number of hydrogen-bond donors (Lipinski definition) is 0. The molecule has 1 aromatic carbocycles. The monoisotopic (exact) mass is 298 g/mol. The summed E-state index contributed by atoms with van der Waals surface area (Å²) in [7, 11) is -1.14. The van der Waals surface area contributed by atoms with Crippen LogP contribution in [0.3, 0.4) is 0 Å². The van der Waals surface area contributed by atoms with Crippen LogP contribution in [0.4, 0.5) is 0 Å². The van der Waals surface area contributed by atoms with Gasteiger partial charge in [-0.15, -0.1) is 0 Å². The van der Waals surface area contributed by atoms with Crippen molar-refractivity contribution < 1.29 is 18.0 Å². The molecule has 1 aromatic rings. The van der Waals surface area contributed by atoms with E-state index in [9.17, 15) is 0 Å². The second-order valence-corrected chi connectivity index (χ2v) is 7.05. The Hall–Kier alpha value is -0.883. The average molecular weight is 298 g/mol. The van der Waals surface area contributed by atoms with Crippen molar-refractivity contribution in [1.29, 1.82) is 0 Å². The average Bonchev–Trinajstić information content (AvgIpc) is 2.39. The highest BCUT2D eigenvalue weighted by Crippen LogP contribution is 2.23. The van der Waals surface area contributed by atoms with Crippen LogP contribution in [0.2, 0.25) is 0 Å². The lowest BCUT2D eigenvalue weighted by Gasteiger charge is -2.29. The van der Waals surface area contributed by atoms with E-state index in [4.69, 9.17) is 18.0 Å². The summed E-state index contributed by atoms with van der Waals surface area (Å²) < 4.78 is 23.2. The fourth-order valence-electron chi connectivity index (χ4n) is 2.39. The van der Waals surface area contributed by atoms with Crippen LogP contribution in [0.15, 0.2) is 12.1 Å². The molecule has 20 heavy (non-hydrogen) atoms. The van der Waals surface area contributed by atoms with Crippen LogP contribution >= 0.6 is 0 Å². The van der Waals surface area contributed by atoms with Crippen LogP contribution in [0, 0.1) is 13.8 Å². The van der Waals surface area contributed by atoms with Gasteiger partial charge in [0.05, 0.1) is 7.11 Å². The maximum atomic E-state index is 5.93. The topological polar surface area (TPSA) is 36.9 Å². The van der Waals surface area contributed by atoms with Crippen LogP contribution in [0.5, 0.6) is 5.75 Å². The summed E-state index contributed by atoms with van der Waals surface area (Å²) in [4.78, 5) is 0. The van der Waals surface area contributed by atoms with E-state index >= 15 is 0 Å². The second kappa shape index (κ2) is 7.78. The quantitative estimate of drug-likeness (QED) is 0.691. The van der Waals surface area contributed by atoms with Crippen molar-refractivity contribution in [3.8, 4) is 5.75 Å². The number of aryl methyl sites for hydroxylation is 2. The van der Waals surface area contributed by atoms with E-state index < -0.39 is 8.80 Å². The van der Waals surface area contributed by atoms with Gasteiger partial charge in [-0.1, -0.05) is 0 Å². The van der Waals surface area contributed by atoms with Gasteiger partial charge in [0.1, 0.15) is 5.75 Å². The van der Waals surface area contributed by atoms with E-state index in [1.165, 1.54) is 0 Å². The summed E-state index contributed by atoms with van der Waals surface area (Å²) in [5, 5.41) is 0.999. The standard InChI is InChI=1S/C15H26O4Si/c1-7-17-20(18-8-2,19-9-3)14-10-12(4)15(16-6)13(5)11-14/h10-11H,7-9H2,1-6H3. The molecule has 0 aliphatic rings. The lowest BCUT2D eigenvalue weighted by molar-refractivity contribution is 0.0859. The van der Waals surface area contributed by atoms with Gasteiger partial charge in [0.25, 0.3) is 0 Å². The number of hydrogen-bond acceptors (Lipinski definition) is 4. The van der Waals surface area contributed by atoms with Gasteiger partial charge >= 0.3 is 8.80 Å². The number of rotatable bonds is 8. The minimum absolute atomic E-state index is 0.566. The minimum atomic E-state index is -2.83. The van der Waals surface area contributed by atoms with Gasteiger partial charge in [0.2, 0.25) is 0 Å². The lowest BCUT2D eigenvalue weighted by atomic mass is 10.1. The van der Waals surface area contributed by atoms with Crippen LogP contribution < -0.4 is 9.92 Å². The first-order valence-corrected chi connectivity index (χ1v) is 8.84. The summed E-state index contributed by atoms with van der Waals surface area (Å²) in [5.41, 5.74) is 2.14. The predicted octanol–water partition coefficient (Wildman–Crippen LogP) is 2.57. The third-order valence-corrected chi connectivity index (χ3v) is 6.02. The highest BCUT2D eigenvalue weighted by molar-refractivity contribution is 6.75. The maximum absolute atomic E-state index is 5.93. The molecule has 0 aliphatic carbocycles. The fourth-order valence-corrected chi connectivity index (χ4v) is 5.07. The molecule has 0 saturated heterocycles. The van der Waals surface area contributed by atoms with Crippen LogP contribution in [0.1, 0.15) is 31.9 Å². The van der Waals surface area contributed by atoms with Crippen LogP contribution in [-0.2, 0) is 13.3 Å². The normalized spacial score (nSPS) is 11.7. The van der Waals surface area contributed by atoms with Gasteiger partial charge in [-0.3, -0.25) is 0 Å². The lowest BCUT2D eigenvalue weighted by Crippen LogP contribution is -2.57. The van der Waals surface area contributed by atoms with E-state index in [-0.39, 0.29) is 0 Å². The Morgan fingerprint density at radius 1 is 0.850 bits per heavy atom. The number of benzene rings is 1. The first-order valence-electron chi connectivity index (χ1n) is 7.12. The third kappa shape index (κ3) is 3.61. The van der Waals surface area contributed by atoms with Crippen LogP contribution in [-0.4, -0.2) is 35.7 Å². The van der Waals surface area contributed by atoms with Gasteiger partial charge in [-0.2, -0.15) is 0 Å². The van der Waals surface area contributed by atoms with Crippen molar-refractivity contribution in [1.82, 2.24) is 0 Å². The molecular formula is C15H26O4Si. The number of methoxy groups -OCH3 is 1. The molecule has 0 fully saturated rings. The first-order chi connectivity index (χ1) is 9.54. The van der Waals surface area contributed by atoms with E-state index in [0.717, 1.165) is 22.1 Å². The number of ether oxygens (including phenoxy) is 1. The van der Waals surface area contributed by atoms with Gasteiger partial charge in [0, 0.05) is 25.0 Å². The van der Waals surface area contributed by atoms with Crippen molar-refractivity contribution in [2.24, 2.45) is 0 Å². The fraction of sp³-hybridized carbons (Fsp3) is 0.600. The molecule has 0 bridgehead atoms. The Bertz CT molecular complexity index is 394. The summed E-state index contributed by atoms with van der Waals surface area (Å²) in [6.45, 7) is 11.6. The third-order valence-electron chi connectivity index (χ3n) is 3.02. The summed E-state index contributed by atoms with van der Waals surface area (Å²) in [6, 6.07) is 4.11. The van der Waals surface area contributed by atoms with Crippen molar-refractivity contribution in [3.05, 3.63) is 23.3 Å². The van der Waals surface area contributed by atoms with Gasteiger partial charge < -0.3 is 18.0 Å². The van der Waals surface area contributed by atoms with Gasteiger partial charge in [-0.25, -0.2) is 0 Å². The predicted molar refractivity (Wildman–Crippen MR) is 82.7 cm³/mol. The molecule has 114 valence electrons. The molecule has 0 aliphatic heterocycles. The summed E-state index contributed by atoms with van der Waals surface area (Å²) >= 11 is 0. The zero-order valence-corrected chi connectivity index (χ0v) is 14.4. The first kappa shape index (κ1) is 17.2. The van der Waals surface area contributed by atoms with Gasteiger partial charge in [-0.05, 0) is 57.9 Å². The molecule has 0 aromatic heterocycles. The summed E-state index contributed by atoms with van der Waals surface area (Å²) in [5.74, 6) is 0.904. The largest absolute Gasteiger partial charge is 0.537 e. The Morgan fingerprint density at radius 3 is 1.55 bits per heavy atom. The van der Waals surface area contributed by atoms with Gasteiger partial charge in [0.15, 0.2) is 0 Å². The SMILES string of the molecule is CCO[Si](OCC)(OCC)c1cc(C)c(OC)c(C)c1. The molecule has 0 amide bonds. The molecule has 0 atom stereocenters. The van der Waals surface area contributed by atoms with Crippen molar-refractivity contribution in [2.75, 3.05) is 26.9 Å². The Balaban J connectivity index is 3.32. The maximum Gasteiger partial charge on any atom is 0.537 e. The van der Waals surface area contributed by atoms with Crippen molar-refractivity contribution in [3.63, 3.8) is 0 Å². The molecule has 1 rings (SSSR count). The zero-order valence-electron chi connectivity index (χ0n) is 13.4. The van der Waals surface area contributed by atoms with E-state index in [0.29, 0.717) is 19.8 Å². The molecule has 5 heteroatoms. The molecular weight excluding hydrogens is 272 g/mol. The molecule has 0 unspecified atom stereocenters. The molecule has 0 N–H and O–H groups in total. The second-order valence-electron chi connectivity index (χ2n) is 4.50. The highest BCUT2D eigenvalue weighted by atomic mass is 28.4. The molecule has 0 heterocycles. The zero-order chi connectivity index (χ0) is 15.2. The summed E-state index contributed by atoms with van der Waals surface area (Å²) in [6.07, 6.45) is 0. The molecule has 0 radical (unpaired) electrons. The van der Waals surface area contributed by atoms with E-state index in [1.54, 1.807) is 7.11 Å². The smallest absolute Gasteiger partial charge is 0.496 e. The molecule has 0 saturated carbocycles. The minimum Gasteiger partial charge on any atom is -0.496 e. The van der Waals surface area contributed by atoms with E-state index in [1.807, 2.05) is 34.6 Å². The Morgan fingerprint density at radius 2 is 1.25 bits per heavy atom. The Labute approximate surface area is 123 Å².